The van der Waals surface area contributed by atoms with E-state index in [0.29, 0.717) is 22.6 Å². The lowest BCUT2D eigenvalue weighted by Gasteiger charge is -1.94. The number of carbonyl (C=O) groups is 1. The summed E-state index contributed by atoms with van der Waals surface area (Å²) < 4.78 is 5.29. The predicted molar refractivity (Wildman–Crippen MR) is 54.9 cm³/mol. The standard InChI is InChI=1S/C10H8ClNO3/c11-5-9-12-7-3-6(4-10(13)14)1-2-8(7)15-9/h1-3H,4-5H2,(H,13,14). The van der Waals surface area contributed by atoms with Crippen molar-refractivity contribution in [3.05, 3.63) is 29.7 Å². The Morgan fingerprint density at radius 3 is 3.00 bits per heavy atom. The molecule has 0 aliphatic carbocycles. The normalized spacial score (nSPS) is 10.7. The van der Waals surface area contributed by atoms with Crippen molar-refractivity contribution in [2.75, 3.05) is 0 Å². The molecular weight excluding hydrogens is 218 g/mol. The first kappa shape index (κ1) is 9.98. The van der Waals surface area contributed by atoms with Crippen molar-refractivity contribution >= 4 is 28.7 Å². The Bertz CT molecular complexity index is 506. The van der Waals surface area contributed by atoms with E-state index in [9.17, 15) is 4.79 Å². The van der Waals surface area contributed by atoms with E-state index in [1.54, 1.807) is 18.2 Å². The summed E-state index contributed by atoms with van der Waals surface area (Å²) in [5.74, 6) is -0.210. The molecule has 1 N–H and O–H groups in total. The number of hydrogen-bond acceptors (Lipinski definition) is 3. The number of carboxylic acid groups (broad SMARTS) is 1. The summed E-state index contributed by atoms with van der Waals surface area (Å²) in [6, 6.07) is 5.11. The van der Waals surface area contributed by atoms with Gasteiger partial charge in [-0.05, 0) is 17.7 Å². The van der Waals surface area contributed by atoms with E-state index in [1.165, 1.54) is 0 Å². The second-order valence-electron chi connectivity index (χ2n) is 3.11. The maximum atomic E-state index is 10.5. The van der Waals surface area contributed by atoms with Crippen LogP contribution in [0.4, 0.5) is 0 Å². The lowest BCUT2D eigenvalue weighted by Crippen LogP contribution is -1.99. The highest BCUT2D eigenvalue weighted by Crippen LogP contribution is 2.18. The van der Waals surface area contributed by atoms with Crippen LogP contribution in [0.3, 0.4) is 0 Å². The Balaban J connectivity index is 2.41. The van der Waals surface area contributed by atoms with Gasteiger partial charge < -0.3 is 9.52 Å². The topological polar surface area (TPSA) is 63.3 Å². The number of halogens is 1. The third-order valence-electron chi connectivity index (χ3n) is 1.97. The molecule has 0 aliphatic heterocycles. The van der Waals surface area contributed by atoms with Crippen molar-refractivity contribution in [2.24, 2.45) is 0 Å². The summed E-state index contributed by atoms with van der Waals surface area (Å²) in [6.45, 7) is 0. The van der Waals surface area contributed by atoms with Crippen molar-refractivity contribution in [1.82, 2.24) is 4.98 Å². The number of benzene rings is 1. The Morgan fingerprint density at radius 2 is 2.33 bits per heavy atom. The molecular formula is C10H8ClNO3. The monoisotopic (exact) mass is 225 g/mol. The molecule has 1 heterocycles. The van der Waals surface area contributed by atoms with Crippen molar-refractivity contribution in [2.45, 2.75) is 12.3 Å². The molecule has 0 fully saturated rings. The van der Waals surface area contributed by atoms with Gasteiger partial charge in [0, 0.05) is 0 Å². The maximum absolute atomic E-state index is 10.5. The van der Waals surface area contributed by atoms with Crippen LogP contribution in [0.25, 0.3) is 11.1 Å². The van der Waals surface area contributed by atoms with Gasteiger partial charge in [-0.1, -0.05) is 6.07 Å². The minimum absolute atomic E-state index is 0.0149. The third-order valence-corrected chi connectivity index (χ3v) is 2.19. The van der Waals surface area contributed by atoms with Crippen LogP contribution in [0.5, 0.6) is 0 Å². The summed E-state index contributed by atoms with van der Waals surface area (Å²) in [4.78, 5) is 14.6. The fourth-order valence-electron chi connectivity index (χ4n) is 1.36. The van der Waals surface area contributed by atoms with E-state index in [1.807, 2.05) is 0 Å². The molecule has 5 heteroatoms. The molecule has 4 nitrogen and oxygen atoms in total. The fourth-order valence-corrected chi connectivity index (χ4v) is 1.48. The Labute approximate surface area is 90.5 Å². The zero-order valence-corrected chi connectivity index (χ0v) is 8.49. The van der Waals surface area contributed by atoms with E-state index in [4.69, 9.17) is 21.1 Å². The second kappa shape index (κ2) is 3.90. The Kier molecular flexibility index (Phi) is 2.60. The van der Waals surface area contributed by atoms with E-state index in [0.717, 1.165) is 0 Å². The van der Waals surface area contributed by atoms with Crippen molar-refractivity contribution in [1.29, 1.82) is 0 Å². The minimum atomic E-state index is -0.865. The molecule has 0 atom stereocenters. The molecule has 78 valence electrons. The van der Waals surface area contributed by atoms with Crippen LogP contribution >= 0.6 is 11.6 Å². The summed E-state index contributed by atoms with van der Waals surface area (Å²) in [7, 11) is 0. The first-order valence-corrected chi connectivity index (χ1v) is 4.88. The molecule has 1 aromatic heterocycles. The lowest BCUT2D eigenvalue weighted by molar-refractivity contribution is -0.136. The van der Waals surface area contributed by atoms with E-state index >= 15 is 0 Å². The van der Waals surface area contributed by atoms with Gasteiger partial charge in [0.05, 0.1) is 12.3 Å². The zero-order valence-electron chi connectivity index (χ0n) is 7.74. The van der Waals surface area contributed by atoms with Crippen LogP contribution < -0.4 is 0 Å². The quantitative estimate of drug-likeness (QED) is 0.814. The highest BCUT2D eigenvalue weighted by molar-refractivity contribution is 6.16. The predicted octanol–water partition coefficient (Wildman–Crippen LogP) is 2.19. The van der Waals surface area contributed by atoms with Gasteiger partial charge in [-0.3, -0.25) is 4.79 Å². The van der Waals surface area contributed by atoms with Gasteiger partial charge in [-0.15, -0.1) is 11.6 Å². The summed E-state index contributed by atoms with van der Waals surface area (Å²) in [5.41, 5.74) is 1.97. The highest BCUT2D eigenvalue weighted by Gasteiger charge is 2.07. The largest absolute Gasteiger partial charge is 0.481 e. The number of fused-ring (bicyclic) bond motifs is 1. The number of aromatic nitrogens is 1. The second-order valence-corrected chi connectivity index (χ2v) is 3.38. The number of aliphatic carboxylic acids is 1. The summed E-state index contributed by atoms with van der Waals surface area (Å²) >= 11 is 5.57. The van der Waals surface area contributed by atoms with Crippen molar-refractivity contribution in [3.8, 4) is 0 Å². The first-order valence-electron chi connectivity index (χ1n) is 4.35. The number of oxazole rings is 1. The molecule has 1 aromatic carbocycles. The number of hydrogen-bond donors (Lipinski definition) is 1. The molecule has 0 aliphatic rings. The molecule has 0 saturated heterocycles. The van der Waals surface area contributed by atoms with E-state index in [-0.39, 0.29) is 12.3 Å². The van der Waals surface area contributed by atoms with Crippen LogP contribution in [-0.2, 0) is 17.1 Å². The van der Waals surface area contributed by atoms with Gasteiger partial charge in [-0.2, -0.15) is 0 Å². The Morgan fingerprint density at radius 1 is 1.53 bits per heavy atom. The summed E-state index contributed by atoms with van der Waals surface area (Å²) in [5, 5.41) is 8.63. The minimum Gasteiger partial charge on any atom is -0.481 e. The van der Waals surface area contributed by atoms with Crippen LogP contribution in [-0.4, -0.2) is 16.1 Å². The number of alkyl halides is 1. The maximum Gasteiger partial charge on any atom is 0.307 e. The SMILES string of the molecule is O=C(O)Cc1ccc2oc(CCl)nc2c1. The molecule has 0 unspecified atom stereocenters. The number of rotatable bonds is 3. The molecule has 0 radical (unpaired) electrons. The molecule has 0 saturated carbocycles. The molecule has 2 rings (SSSR count). The Hall–Kier alpha value is -1.55. The smallest absolute Gasteiger partial charge is 0.307 e. The third kappa shape index (κ3) is 2.10. The van der Waals surface area contributed by atoms with Crippen LogP contribution in [0.2, 0.25) is 0 Å². The highest BCUT2D eigenvalue weighted by atomic mass is 35.5. The van der Waals surface area contributed by atoms with Gasteiger partial charge in [0.15, 0.2) is 5.58 Å². The molecule has 2 aromatic rings. The number of nitrogens with zero attached hydrogens (tertiary/aromatic N) is 1. The van der Waals surface area contributed by atoms with Gasteiger partial charge in [0.25, 0.3) is 0 Å². The molecule has 0 spiro atoms. The van der Waals surface area contributed by atoms with Crippen molar-refractivity contribution in [3.63, 3.8) is 0 Å². The van der Waals surface area contributed by atoms with E-state index < -0.39 is 5.97 Å². The number of carboxylic acids is 1. The van der Waals surface area contributed by atoms with Crippen LogP contribution in [0.1, 0.15) is 11.5 Å². The molecule has 0 bridgehead atoms. The van der Waals surface area contributed by atoms with E-state index in [2.05, 4.69) is 4.98 Å². The first-order chi connectivity index (χ1) is 7.19. The van der Waals surface area contributed by atoms with Gasteiger partial charge >= 0.3 is 5.97 Å². The average Bonchev–Trinajstić information content (AvgIpc) is 2.58. The van der Waals surface area contributed by atoms with Gasteiger partial charge in [-0.25, -0.2) is 4.98 Å². The van der Waals surface area contributed by atoms with Crippen LogP contribution in [0.15, 0.2) is 22.6 Å². The van der Waals surface area contributed by atoms with Crippen LogP contribution in [0, 0.1) is 0 Å². The lowest BCUT2D eigenvalue weighted by atomic mass is 10.1. The molecule has 0 amide bonds. The average molecular weight is 226 g/mol. The van der Waals surface area contributed by atoms with Gasteiger partial charge in [0.2, 0.25) is 5.89 Å². The van der Waals surface area contributed by atoms with Gasteiger partial charge in [0.1, 0.15) is 5.52 Å². The zero-order chi connectivity index (χ0) is 10.8. The fraction of sp³-hybridized carbons (Fsp3) is 0.200. The van der Waals surface area contributed by atoms with Crippen molar-refractivity contribution < 1.29 is 14.3 Å². The molecule has 15 heavy (non-hydrogen) atoms. The summed E-state index contributed by atoms with van der Waals surface area (Å²) in [6.07, 6.45) is -0.0149.